The number of aromatic hydroxyl groups is 1. The number of phenolic OH excluding ortho intramolecular Hbond substituents is 1. The zero-order chi connectivity index (χ0) is 13.0. The summed E-state index contributed by atoms with van der Waals surface area (Å²) >= 11 is 0. The van der Waals surface area contributed by atoms with Gasteiger partial charge in [0.1, 0.15) is 5.75 Å². The van der Waals surface area contributed by atoms with Crippen molar-refractivity contribution in [1.82, 2.24) is 0 Å². The Kier molecular flexibility index (Phi) is 3.78. The number of aryl methyl sites for hydroxylation is 2. The molecule has 0 aliphatic carbocycles. The first kappa shape index (κ1) is 12.4. The normalized spacial score (nSPS) is 10.3. The minimum absolute atomic E-state index is 0.0769. The van der Waals surface area contributed by atoms with Gasteiger partial charge in [-0.05, 0) is 43.0 Å². The molecular formula is C16H16O2. The first-order valence-electron chi connectivity index (χ1n) is 6.03. The summed E-state index contributed by atoms with van der Waals surface area (Å²) in [6, 6.07) is 15.5. The molecule has 0 unspecified atom stereocenters. The maximum absolute atomic E-state index is 11.2. The van der Waals surface area contributed by atoms with E-state index >= 15 is 0 Å². The van der Waals surface area contributed by atoms with Crippen molar-refractivity contribution in [2.45, 2.75) is 19.8 Å². The molecule has 2 heteroatoms. The van der Waals surface area contributed by atoms with Gasteiger partial charge in [0.25, 0.3) is 0 Å². The fourth-order valence-electron chi connectivity index (χ4n) is 1.96. The second-order valence-corrected chi connectivity index (χ2v) is 4.39. The Hall–Kier alpha value is -2.09. The van der Waals surface area contributed by atoms with E-state index in [2.05, 4.69) is 12.1 Å². The zero-order valence-electron chi connectivity index (χ0n) is 10.4. The summed E-state index contributed by atoms with van der Waals surface area (Å²) in [5.74, 6) is -0.0322. The maximum atomic E-state index is 11.2. The highest BCUT2D eigenvalue weighted by Gasteiger charge is 2.06. The smallest absolute Gasteiger partial charge is 0.163 e. The van der Waals surface area contributed by atoms with Crippen molar-refractivity contribution in [1.29, 1.82) is 0 Å². The largest absolute Gasteiger partial charge is 0.507 e. The van der Waals surface area contributed by atoms with E-state index in [1.54, 1.807) is 12.1 Å². The van der Waals surface area contributed by atoms with Crippen molar-refractivity contribution in [2.75, 3.05) is 0 Å². The highest BCUT2D eigenvalue weighted by Crippen LogP contribution is 2.20. The van der Waals surface area contributed by atoms with Crippen LogP contribution in [0.4, 0.5) is 0 Å². The maximum Gasteiger partial charge on any atom is 0.163 e. The second kappa shape index (κ2) is 5.50. The summed E-state index contributed by atoms with van der Waals surface area (Å²) in [7, 11) is 0. The van der Waals surface area contributed by atoms with Gasteiger partial charge in [0.05, 0.1) is 5.56 Å². The van der Waals surface area contributed by atoms with E-state index in [4.69, 9.17) is 0 Å². The molecule has 0 aliphatic rings. The molecule has 2 aromatic carbocycles. The van der Waals surface area contributed by atoms with Crippen LogP contribution in [0, 0.1) is 0 Å². The topological polar surface area (TPSA) is 37.3 Å². The molecule has 2 aromatic rings. The highest BCUT2D eigenvalue weighted by atomic mass is 16.3. The SMILES string of the molecule is CC(=O)c1ccc(CCc2ccccc2)cc1O. The fourth-order valence-corrected chi connectivity index (χ4v) is 1.96. The summed E-state index contributed by atoms with van der Waals surface area (Å²) in [6.45, 7) is 1.46. The lowest BCUT2D eigenvalue weighted by atomic mass is 10.0. The Balaban J connectivity index is 2.07. The Labute approximate surface area is 107 Å². The third-order valence-corrected chi connectivity index (χ3v) is 2.99. The van der Waals surface area contributed by atoms with Crippen molar-refractivity contribution in [3.63, 3.8) is 0 Å². The summed E-state index contributed by atoms with van der Waals surface area (Å²) in [6.07, 6.45) is 1.79. The number of hydrogen-bond donors (Lipinski definition) is 1. The molecule has 2 rings (SSSR count). The molecule has 0 radical (unpaired) electrons. The Morgan fingerprint density at radius 2 is 1.67 bits per heavy atom. The van der Waals surface area contributed by atoms with E-state index in [9.17, 15) is 9.90 Å². The first-order chi connectivity index (χ1) is 8.66. The number of ketones is 1. The minimum atomic E-state index is -0.109. The van der Waals surface area contributed by atoms with E-state index in [1.165, 1.54) is 12.5 Å². The average molecular weight is 240 g/mol. The highest BCUT2D eigenvalue weighted by molar-refractivity contribution is 5.96. The molecule has 18 heavy (non-hydrogen) atoms. The third-order valence-electron chi connectivity index (χ3n) is 2.99. The van der Waals surface area contributed by atoms with Gasteiger partial charge in [0.2, 0.25) is 0 Å². The number of benzene rings is 2. The quantitative estimate of drug-likeness (QED) is 0.832. The number of Topliss-reactive ketones (excluding diaryl/α,β-unsaturated/α-hetero) is 1. The van der Waals surface area contributed by atoms with Gasteiger partial charge in [-0.3, -0.25) is 4.79 Å². The van der Waals surface area contributed by atoms with Gasteiger partial charge in [-0.2, -0.15) is 0 Å². The molecule has 1 N–H and O–H groups in total. The summed E-state index contributed by atoms with van der Waals surface area (Å²) in [5, 5.41) is 9.74. The van der Waals surface area contributed by atoms with Crippen LogP contribution < -0.4 is 0 Å². The molecular weight excluding hydrogens is 224 g/mol. The number of carbonyl (C=O) groups is 1. The van der Waals surface area contributed by atoms with Gasteiger partial charge >= 0.3 is 0 Å². The molecule has 0 amide bonds. The number of rotatable bonds is 4. The van der Waals surface area contributed by atoms with Crippen LogP contribution in [-0.2, 0) is 12.8 Å². The third kappa shape index (κ3) is 2.98. The van der Waals surface area contributed by atoms with Crippen LogP contribution in [-0.4, -0.2) is 10.9 Å². The zero-order valence-corrected chi connectivity index (χ0v) is 10.4. The number of carbonyl (C=O) groups excluding carboxylic acids is 1. The fraction of sp³-hybridized carbons (Fsp3) is 0.188. The lowest BCUT2D eigenvalue weighted by Gasteiger charge is -2.05. The Morgan fingerprint density at radius 1 is 1.00 bits per heavy atom. The second-order valence-electron chi connectivity index (χ2n) is 4.39. The monoisotopic (exact) mass is 240 g/mol. The Morgan fingerprint density at radius 3 is 2.28 bits per heavy atom. The molecule has 0 aliphatic heterocycles. The summed E-state index contributed by atoms with van der Waals surface area (Å²) in [5.41, 5.74) is 2.70. The molecule has 0 atom stereocenters. The molecule has 0 fully saturated rings. The van der Waals surface area contributed by atoms with Crippen LogP contribution in [0.1, 0.15) is 28.4 Å². The minimum Gasteiger partial charge on any atom is -0.507 e. The predicted molar refractivity (Wildman–Crippen MR) is 72.0 cm³/mol. The molecule has 0 saturated heterocycles. The standard InChI is InChI=1S/C16H16O2/c1-12(17)15-10-9-14(11-16(15)18)8-7-13-5-3-2-4-6-13/h2-6,9-11,18H,7-8H2,1H3. The predicted octanol–water partition coefficient (Wildman–Crippen LogP) is 3.38. The summed E-state index contributed by atoms with van der Waals surface area (Å²) < 4.78 is 0. The van der Waals surface area contributed by atoms with Crippen molar-refractivity contribution in [2.24, 2.45) is 0 Å². The molecule has 0 spiro atoms. The van der Waals surface area contributed by atoms with Gasteiger partial charge in [-0.1, -0.05) is 36.4 Å². The van der Waals surface area contributed by atoms with E-state index in [0.29, 0.717) is 5.56 Å². The van der Waals surface area contributed by atoms with E-state index in [-0.39, 0.29) is 11.5 Å². The van der Waals surface area contributed by atoms with Crippen LogP contribution in [0.3, 0.4) is 0 Å². The molecule has 0 aromatic heterocycles. The van der Waals surface area contributed by atoms with Gasteiger partial charge in [0, 0.05) is 0 Å². The van der Waals surface area contributed by atoms with Crippen molar-refractivity contribution in [3.05, 3.63) is 65.2 Å². The van der Waals surface area contributed by atoms with Crippen LogP contribution in [0.25, 0.3) is 0 Å². The van der Waals surface area contributed by atoms with Crippen LogP contribution in [0.15, 0.2) is 48.5 Å². The van der Waals surface area contributed by atoms with E-state index in [1.807, 2.05) is 24.3 Å². The van der Waals surface area contributed by atoms with E-state index < -0.39 is 0 Å². The van der Waals surface area contributed by atoms with Crippen LogP contribution >= 0.6 is 0 Å². The number of hydrogen-bond acceptors (Lipinski definition) is 2. The van der Waals surface area contributed by atoms with Crippen LogP contribution in [0.2, 0.25) is 0 Å². The van der Waals surface area contributed by atoms with Gasteiger partial charge in [0.15, 0.2) is 5.78 Å². The first-order valence-corrected chi connectivity index (χ1v) is 6.03. The molecule has 92 valence electrons. The summed E-state index contributed by atoms with van der Waals surface area (Å²) in [4.78, 5) is 11.2. The Bertz CT molecular complexity index is 544. The average Bonchev–Trinajstić information content (AvgIpc) is 2.37. The lowest BCUT2D eigenvalue weighted by molar-refractivity contribution is 0.101. The molecule has 2 nitrogen and oxygen atoms in total. The van der Waals surface area contributed by atoms with Crippen molar-refractivity contribution < 1.29 is 9.90 Å². The lowest BCUT2D eigenvalue weighted by Crippen LogP contribution is -1.95. The van der Waals surface area contributed by atoms with Gasteiger partial charge in [-0.15, -0.1) is 0 Å². The van der Waals surface area contributed by atoms with Crippen LogP contribution in [0.5, 0.6) is 5.75 Å². The molecule has 0 saturated carbocycles. The van der Waals surface area contributed by atoms with Gasteiger partial charge in [-0.25, -0.2) is 0 Å². The van der Waals surface area contributed by atoms with Gasteiger partial charge < -0.3 is 5.11 Å². The molecule has 0 bridgehead atoms. The van der Waals surface area contributed by atoms with E-state index in [0.717, 1.165) is 18.4 Å². The molecule has 0 heterocycles. The van der Waals surface area contributed by atoms with Crippen molar-refractivity contribution in [3.8, 4) is 5.75 Å². The number of phenols is 1. The van der Waals surface area contributed by atoms with Crippen molar-refractivity contribution >= 4 is 5.78 Å².